The second kappa shape index (κ2) is 14.2. The van der Waals surface area contributed by atoms with Crippen molar-refractivity contribution >= 4 is 40.6 Å². The number of hydrogen-bond donors (Lipinski definition) is 3. The number of carbonyl (C=O) groups excluding carboxylic acids is 1. The Morgan fingerprint density at radius 3 is 2.31 bits per heavy atom. The van der Waals surface area contributed by atoms with Crippen molar-refractivity contribution in [2.24, 2.45) is 0 Å². The van der Waals surface area contributed by atoms with Crippen molar-refractivity contribution in [3.63, 3.8) is 0 Å². The van der Waals surface area contributed by atoms with Gasteiger partial charge in [-0.3, -0.25) is 0 Å². The number of anilines is 2. The van der Waals surface area contributed by atoms with Gasteiger partial charge in [0.1, 0.15) is 16.7 Å². The Hall–Kier alpha value is -4.38. The van der Waals surface area contributed by atoms with Gasteiger partial charge in [-0.15, -0.1) is 0 Å². The van der Waals surface area contributed by atoms with Crippen LogP contribution in [0.2, 0.25) is 10.3 Å². The summed E-state index contributed by atoms with van der Waals surface area (Å²) < 4.78 is 20.4. The van der Waals surface area contributed by atoms with Gasteiger partial charge in [0, 0.05) is 23.4 Å². The summed E-state index contributed by atoms with van der Waals surface area (Å²) in [6.45, 7) is 0.376. The van der Waals surface area contributed by atoms with Crippen LogP contribution in [0.3, 0.4) is 0 Å². The molecule has 0 bridgehead atoms. The highest BCUT2D eigenvalue weighted by molar-refractivity contribution is 6.40. The van der Waals surface area contributed by atoms with Gasteiger partial charge in [0.2, 0.25) is 0 Å². The normalized spacial score (nSPS) is 17.9. The summed E-state index contributed by atoms with van der Waals surface area (Å²) in [6, 6.07) is 31.1. The third kappa shape index (κ3) is 7.83. The van der Waals surface area contributed by atoms with Gasteiger partial charge in [-0.2, -0.15) is 0 Å². The molecule has 2 amide bonds. The number of nitrogens with zero attached hydrogens (tertiary/aromatic N) is 2. The van der Waals surface area contributed by atoms with Crippen molar-refractivity contribution in [1.82, 2.24) is 9.55 Å². The highest BCUT2D eigenvalue weighted by atomic mass is 35.5. The van der Waals surface area contributed by atoms with Gasteiger partial charge in [-0.05, 0) is 59.7 Å². The average Bonchev–Trinajstić information content (AvgIpc) is 3.38. The number of aromatic nitrogens is 2. The van der Waals surface area contributed by atoms with Gasteiger partial charge in [0.25, 0.3) is 0 Å². The van der Waals surface area contributed by atoms with E-state index in [9.17, 15) is 9.90 Å². The molecule has 0 aliphatic carbocycles. The van der Waals surface area contributed by atoms with Gasteiger partial charge in [-0.1, -0.05) is 77.8 Å². The van der Waals surface area contributed by atoms with Gasteiger partial charge in [-0.25, -0.2) is 9.78 Å². The first-order chi connectivity index (χ1) is 21.9. The maximum atomic E-state index is 12.9. The fraction of sp³-hybridized carbons (Fsp3) is 0.176. The zero-order chi connectivity index (χ0) is 31.2. The van der Waals surface area contributed by atoms with Crippen LogP contribution in [0.1, 0.15) is 35.5 Å². The molecule has 45 heavy (non-hydrogen) atoms. The number of ether oxygens (including phenoxy) is 3. The van der Waals surface area contributed by atoms with E-state index in [0.717, 1.165) is 22.4 Å². The SMILES string of the molecule is O=C(Nc1ccc(Oc2ccccc2)cc1)Nc1cccc([C@H]2O[C@@H](Cn3cnc(Cl)c3Cl)C[C@@H](c3ccc(CO)cc3)O2)c1. The van der Waals surface area contributed by atoms with E-state index in [-0.39, 0.29) is 24.0 Å². The first kappa shape index (κ1) is 30.6. The molecule has 11 heteroatoms. The number of nitrogens with one attached hydrogen (secondary N) is 2. The number of carbonyl (C=O) groups is 1. The predicted molar refractivity (Wildman–Crippen MR) is 173 cm³/mol. The van der Waals surface area contributed by atoms with Crippen molar-refractivity contribution in [2.75, 3.05) is 10.6 Å². The Morgan fingerprint density at radius 1 is 0.867 bits per heavy atom. The molecule has 9 nitrogen and oxygen atoms in total. The molecule has 1 aliphatic heterocycles. The van der Waals surface area contributed by atoms with E-state index in [2.05, 4.69) is 15.6 Å². The van der Waals surface area contributed by atoms with Crippen molar-refractivity contribution < 1.29 is 24.1 Å². The third-order valence-electron chi connectivity index (χ3n) is 7.26. The number of para-hydroxylation sites is 1. The maximum absolute atomic E-state index is 12.9. The molecule has 0 unspecified atom stereocenters. The summed E-state index contributed by atoms with van der Waals surface area (Å²) in [4.78, 5) is 16.9. The monoisotopic (exact) mass is 644 g/mol. The molecule has 1 fully saturated rings. The van der Waals surface area contributed by atoms with Crippen LogP contribution in [-0.2, 0) is 22.6 Å². The number of benzene rings is 4. The third-order valence-corrected chi connectivity index (χ3v) is 8.03. The number of halogens is 2. The lowest BCUT2D eigenvalue weighted by atomic mass is 10.00. The molecule has 3 N–H and O–H groups in total. The number of imidazole rings is 1. The highest BCUT2D eigenvalue weighted by Crippen LogP contribution is 2.39. The molecule has 2 heterocycles. The summed E-state index contributed by atoms with van der Waals surface area (Å²) in [5, 5.41) is 15.8. The minimum Gasteiger partial charge on any atom is -0.457 e. The van der Waals surface area contributed by atoms with Crippen molar-refractivity contribution in [1.29, 1.82) is 0 Å². The van der Waals surface area contributed by atoms with E-state index in [1.807, 2.05) is 72.8 Å². The number of rotatable bonds is 9. The molecular formula is C34H30Cl2N4O5. The highest BCUT2D eigenvalue weighted by Gasteiger charge is 2.33. The lowest BCUT2D eigenvalue weighted by molar-refractivity contribution is -0.252. The predicted octanol–water partition coefficient (Wildman–Crippen LogP) is 8.36. The van der Waals surface area contributed by atoms with Gasteiger partial charge >= 0.3 is 6.03 Å². The van der Waals surface area contributed by atoms with Crippen LogP contribution in [0.15, 0.2) is 109 Å². The Balaban J connectivity index is 1.14. The Bertz CT molecular complexity index is 1730. The van der Waals surface area contributed by atoms with Gasteiger partial charge < -0.3 is 34.5 Å². The van der Waals surface area contributed by atoms with Gasteiger partial charge in [0.15, 0.2) is 11.4 Å². The molecule has 0 spiro atoms. The van der Waals surface area contributed by atoms with Crippen molar-refractivity contribution in [2.45, 2.75) is 38.1 Å². The minimum atomic E-state index is -0.731. The van der Waals surface area contributed by atoms with Crippen LogP contribution < -0.4 is 15.4 Å². The lowest BCUT2D eigenvalue weighted by Gasteiger charge is -2.36. The van der Waals surface area contributed by atoms with Crippen molar-refractivity contribution in [3.05, 3.63) is 136 Å². The van der Waals surface area contributed by atoms with Crippen LogP contribution in [0.5, 0.6) is 11.5 Å². The Labute approximate surface area is 270 Å². The van der Waals surface area contributed by atoms with Crippen LogP contribution in [0.25, 0.3) is 0 Å². The van der Waals surface area contributed by atoms with Crippen LogP contribution >= 0.6 is 23.2 Å². The molecule has 230 valence electrons. The zero-order valence-electron chi connectivity index (χ0n) is 24.0. The quantitative estimate of drug-likeness (QED) is 0.149. The first-order valence-corrected chi connectivity index (χ1v) is 15.1. The summed E-state index contributed by atoms with van der Waals surface area (Å²) >= 11 is 12.4. The second-order valence-corrected chi connectivity index (χ2v) is 11.2. The fourth-order valence-corrected chi connectivity index (χ4v) is 5.32. The average molecular weight is 646 g/mol. The molecule has 1 aliphatic rings. The molecule has 6 rings (SSSR count). The molecule has 1 saturated heterocycles. The Morgan fingerprint density at radius 2 is 1.60 bits per heavy atom. The molecular weight excluding hydrogens is 615 g/mol. The van der Waals surface area contributed by atoms with E-state index in [4.69, 9.17) is 37.4 Å². The molecule has 0 radical (unpaired) electrons. The molecule has 0 saturated carbocycles. The summed E-state index contributed by atoms with van der Waals surface area (Å²) in [5.41, 5.74) is 3.67. The summed E-state index contributed by atoms with van der Waals surface area (Å²) in [6.07, 6.45) is 0.814. The summed E-state index contributed by atoms with van der Waals surface area (Å²) in [7, 11) is 0. The second-order valence-electron chi connectivity index (χ2n) is 10.5. The van der Waals surface area contributed by atoms with Crippen LogP contribution in [-0.4, -0.2) is 26.8 Å². The largest absolute Gasteiger partial charge is 0.457 e. The molecule has 5 aromatic rings. The fourth-order valence-electron chi connectivity index (χ4n) is 5.01. The van der Waals surface area contributed by atoms with Crippen molar-refractivity contribution in [3.8, 4) is 11.5 Å². The van der Waals surface area contributed by atoms with E-state index < -0.39 is 12.3 Å². The number of aliphatic hydroxyl groups is 1. The van der Waals surface area contributed by atoms with E-state index in [1.54, 1.807) is 41.2 Å². The van der Waals surface area contributed by atoms with E-state index in [0.29, 0.717) is 35.2 Å². The first-order valence-electron chi connectivity index (χ1n) is 14.3. The van der Waals surface area contributed by atoms with Crippen LogP contribution in [0.4, 0.5) is 16.2 Å². The van der Waals surface area contributed by atoms with Gasteiger partial charge in [0.05, 0.1) is 31.7 Å². The molecule has 4 aromatic carbocycles. The standard InChI is InChI=1S/C34H30Cl2N4O5/c35-31-32(36)40(21-37-31)19-29-18-30(23-11-9-22(20-41)10-12-23)45-33(44-29)24-5-4-6-26(17-24)39-34(42)38-25-13-15-28(16-14-25)43-27-7-2-1-3-8-27/h1-17,21,29-30,33,41H,18-20H2,(H2,38,39,42)/t29-,30+,33+/m1/s1. The number of amides is 2. The number of urea groups is 1. The smallest absolute Gasteiger partial charge is 0.323 e. The lowest BCUT2D eigenvalue weighted by Crippen LogP contribution is -2.32. The molecule has 1 aromatic heterocycles. The zero-order valence-corrected chi connectivity index (χ0v) is 25.5. The number of hydrogen-bond acceptors (Lipinski definition) is 6. The Kier molecular flexibility index (Phi) is 9.63. The van der Waals surface area contributed by atoms with E-state index in [1.165, 1.54) is 0 Å². The number of aliphatic hydroxyl groups excluding tert-OH is 1. The van der Waals surface area contributed by atoms with Crippen LogP contribution in [0, 0.1) is 0 Å². The topological polar surface area (TPSA) is 107 Å². The minimum absolute atomic E-state index is 0.0403. The molecule has 3 atom stereocenters. The maximum Gasteiger partial charge on any atom is 0.323 e. The summed E-state index contributed by atoms with van der Waals surface area (Å²) in [5.74, 6) is 1.39. The van der Waals surface area contributed by atoms with E-state index >= 15 is 0 Å².